The SMILES string of the molecule is FC(F)(F)c1ccccc1Cn1ccnc1CNCCN1CCOCC1. The lowest BCUT2D eigenvalue weighted by Crippen LogP contribution is -2.40. The number of nitrogens with one attached hydrogen (secondary N) is 1. The first-order valence-electron chi connectivity index (χ1n) is 8.70. The van der Waals surface area contributed by atoms with Gasteiger partial charge in [0, 0.05) is 45.1 Å². The summed E-state index contributed by atoms with van der Waals surface area (Å²) in [7, 11) is 0. The minimum absolute atomic E-state index is 0.149. The molecule has 0 atom stereocenters. The molecule has 0 amide bonds. The van der Waals surface area contributed by atoms with Crippen molar-refractivity contribution in [3.63, 3.8) is 0 Å². The number of ether oxygens (including phenoxy) is 1. The van der Waals surface area contributed by atoms with Crippen molar-refractivity contribution in [1.29, 1.82) is 0 Å². The summed E-state index contributed by atoms with van der Waals surface area (Å²) in [6, 6.07) is 5.67. The fourth-order valence-electron chi connectivity index (χ4n) is 3.03. The first kappa shape index (κ1) is 18.9. The lowest BCUT2D eigenvalue weighted by atomic mass is 10.1. The van der Waals surface area contributed by atoms with Crippen molar-refractivity contribution in [3.8, 4) is 0 Å². The Morgan fingerprint density at radius 3 is 2.69 bits per heavy atom. The molecule has 0 radical (unpaired) electrons. The van der Waals surface area contributed by atoms with Gasteiger partial charge < -0.3 is 14.6 Å². The quantitative estimate of drug-likeness (QED) is 0.762. The van der Waals surface area contributed by atoms with Crippen LogP contribution in [0.5, 0.6) is 0 Å². The Hall–Kier alpha value is -1.90. The van der Waals surface area contributed by atoms with E-state index < -0.39 is 11.7 Å². The van der Waals surface area contributed by atoms with Crippen LogP contribution >= 0.6 is 0 Å². The fraction of sp³-hybridized carbons (Fsp3) is 0.500. The molecule has 1 N–H and O–H groups in total. The van der Waals surface area contributed by atoms with E-state index in [-0.39, 0.29) is 12.1 Å². The van der Waals surface area contributed by atoms with E-state index >= 15 is 0 Å². The number of morpholine rings is 1. The summed E-state index contributed by atoms with van der Waals surface area (Å²) in [6.07, 6.45) is -1.02. The molecule has 1 fully saturated rings. The van der Waals surface area contributed by atoms with Gasteiger partial charge in [-0.1, -0.05) is 18.2 Å². The number of hydrogen-bond donors (Lipinski definition) is 1. The Balaban J connectivity index is 1.56. The second kappa shape index (κ2) is 8.66. The van der Waals surface area contributed by atoms with Gasteiger partial charge in [-0.05, 0) is 11.6 Å². The molecule has 0 bridgehead atoms. The van der Waals surface area contributed by atoms with E-state index in [0.29, 0.717) is 6.54 Å². The van der Waals surface area contributed by atoms with Crippen LogP contribution in [-0.4, -0.2) is 53.8 Å². The first-order valence-corrected chi connectivity index (χ1v) is 8.70. The highest BCUT2D eigenvalue weighted by Crippen LogP contribution is 2.32. The predicted octanol–water partition coefficient (Wildman–Crippen LogP) is 2.37. The predicted molar refractivity (Wildman–Crippen MR) is 91.7 cm³/mol. The molecule has 1 aromatic carbocycles. The van der Waals surface area contributed by atoms with E-state index in [2.05, 4.69) is 15.2 Å². The average Bonchev–Trinajstić information content (AvgIpc) is 3.06. The maximum atomic E-state index is 13.2. The molecule has 1 aromatic heterocycles. The fourth-order valence-corrected chi connectivity index (χ4v) is 3.03. The van der Waals surface area contributed by atoms with E-state index in [1.807, 2.05) is 0 Å². The van der Waals surface area contributed by atoms with E-state index in [4.69, 9.17) is 4.74 Å². The Labute approximate surface area is 150 Å². The van der Waals surface area contributed by atoms with Gasteiger partial charge in [0.2, 0.25) is 0 Å². The minimum atomic E-state index is -4.35. The lowest BCUT2D eigenvalue weighted by Gasteiger charge is -2.26. The highest BCUT2D eigenvalue weighted by Gasteiger charge is 2.32. The van der Waals surface area contributed by atoms with Crippen molar-refractivity contribution in [2.75, 3.05) is 39.4 Å². The smallest absolute Gasteiger partial charge is 0.379 e. The van der Waals surface area contributed by atoms with Gasteiger partial charge in [-0.2, -0.15) is 13.2 Å². The molecule has 0 aliphatic carbocycles. The summed E-state index contributed by atoms with van der Waals surface area (Å²) in [6.45, 7) is 5.79. The first-order chi connectivity index (χ1) is 12.5. The normalized spacial score (nSPS) is 16.1. The van der Waals surface area contributed by atoms with Gasteiger partial charge in [0.25, 0.3) is 0 Å². The van der Waals surface area contributed by atoms with Gasteiger partial charge >= 0.3 is 6.18 Å². The van der Waals surface area contributed by atoms with Crippen molar-refractivity contribution in [1.82, 2.24) is 19.8 Å². The maximum absolute atomic E-state index is 13.2. The summed E-state index contributed by atoms with van der Waals surface area (Å²) >= 11 is 0. The standard InChI is InChI=1S/C18H23F3N4O/c19-18(20,21)16-4-2-1-3-15(16)14-25-8-6-23-17(25)13-22-5-7-24-9-11-26-12-10-24/h1-4,6,8,22H,5,7,9-14H2. The molecule has 0 saturated carbocycles. The Morgan fingerprint density at radius 2 is 1.92 bits per heavy atom. The maximum Gasteiger partial charge on any atom is 0.416 e. The molecule has 5 nitrogen and oxygen atoms in total. The van der Waals surface area contributed by atoms with Crippen molar-refractivity contribution in [2.24, 2.45) is 0 Å². The number of hydrogen-bond acceptors (Lipinski definition) is 4. The number of aromatic nitrogens is 2. The molecule has 3 rings (SSSR count). The van der Waals surface area contributed by atoms with Crippen LogP contribution in [0, 0.1) is 0 Å². The summed E-state index contributed by atoms with van der Waals surface area (Å²) in [5, 5.41) is 3.32. The van der Waals surface area contributed by atoms with Crippen LogP contribution in [0.15, 0.2) is 36.7 Å². The largest absolute Gasteiger partial charge is 0.416 e. The number of benzene rings is 1. The average molecular weight is 368 g/mol. The zero-order chi connectivity index (χ0) is 18.4. The molecule has 1 aliphatic heterocycles. The number of nitrogens with zero attached hydrogens (tertiary/aromatic N) is 3. The van der Waals surface area contributed by atoms with Gasteiger partial charge in [-0.3, -0.25) is 4.90 Å². The molecule has 2 heterocycles. The van der Waals surface area contributed by atoms with Gasteiger partial charge in [-0.25, -0.2) is 4.98 Å². The van der Waals surface area contributed by atoms with Crippen molar-refractivity contribution in [3.05, 3.63) is 53.6 Å². The highest BCUT2D eigenvalue weighted by molar-refractivity contribution is 5.30. The Morgan fingerprint density at radius 1 is 1.15 bits per heavy atom. The van der Waals surface area contributed by atoms with E-state index in [1.165, 1.54) is 12.1 Å². The van der Waals surface area contributed by atoms with Crippen LogP contribution in [0.2, 0.25) is 0 Å². The Bertz CT molecular complexity index is 696. The van der Waals surface area contributed by atoms with Gasteiger partial charge in [0.15, 0.2) is 0 Å². The number of alkyl halides is 3. The van der Waals surface area contributed by atoms with Crippen molar-refractivity contribution < 1.29 is 17.9 Å². The summed E-state index contributed by atoms with van der Waals surface area (Å²) in [5.41, 5.74) is -0.354. The van der Waals surface area contributed by atoms with Crippen LogP contribution in [0.25, 0.3) is 0 Å². The van der Waals surface area contributed by atoms with Crippen LogP contribution in [0.1, 0.15) is 17.0 Å². The molecule has 1 saturated heterocycles. The monoisotopic (exact) mass is 368 g/mol. The van der Waals surface area contributed by atoms with E-state index in [9.17, 15) is 13.2 Å². The molecule has 1 aliphatic rings. The summed E-state index contributed by atoms with van der Waals surface area (Å²) in [5.74, 6) is 0.726. The molecule has 0 unspecified atom stereocenters. The zero-order valence-corrected chi connectivity index (χ0v) is 14.5. The lowest BCUT2D eigenvalue weighted by molar-refractivity contribution is -0.138. The number of rotatable bonds is 7. The highest BCUT2D eigenvalue weighted by atomic mass is 19.4. The topological polar surface area (TPSA) is 42.3 Å². The molecule has 26 heavy (non-hydrogen) atoms. The zero-order valence-electron chi connectivity index (χ0n) is 14.5. The van der Waals surface area contributed by atoms with Crippen molar-refractivity contribution >= 4 is 0 Å². The molecular formula is C18H23F3N4O. The van der Waals surface area contributed by atoms with Gasteiger partial charge in [-0.15, -0.1) is 0 Å². The molecule has 2 aromatic rings. The van der Waals surface area contributed by atoms with Crippen LogP contribution in [0.3, 0.4) is 0 Å². The Kier molecular flexibility index (Phi) is 6.29. The summed E-state index contributed by atoms with van der Waals surface area (Å²) < 4.78 is 46.5. The molecule has 142 valence electrons. The third-order valence-corrected chi connectivity index (χ3v) is 4.46. The second-order valence-corrected chi connectivity index (χ2v) is 6.26. The molecule has 8 heteroatoms. The molecule has 0 spiro atoms. The summed E-state index contributed by atoms with van der Waals surface area (Å²) in [4.78, 5) is 6.60. The number of halogens is 3. The van der Waals surface area contributed by atoms with E-state index in [0.717, 1.165) is 51.3 Å². The van der Waals surface area contributed by atoms with Gasteiger partial charge in [0.1, 0.15) is 5.82 Å². The van der Waals surface area contributed by atoms with Gasteiger partial charge in [0.05, 0.1) is 25.3 Å². The molecular weight excluding hydrogens is 345 g/mol. The van der Waals surface area contributed by atoms with E-state index in [1.54, 1.807) is 23.0 Å². The third-order valence-electron chi connectivity index (χ3n) is 4.46. The second-order valence-electron chi connectivity index (χ2n) is 6.26. The third kappa shape index (κ3) is 5.06. The minimum Gasteiger partial charge on any atom is -0.379 e. The number of imidazole rings is 1. The van der Waals surface area contributed by atoms with Crippen LogP contribution < -0.4 is 5.32 Å². The van der Waals surface area contributed by atoms with Crippen LogP contribution in [-0.2, 0) is 24.0 Å². The van der Waals surface area contributed by atoms with Crippen LogP contribution in [0.4, 0.5) is 13.2 Å². The van der Waals surface area contributed by atoms with Crippen molar-refractivity contribution in [2.45, 2.75) is 19.3 Å².